The molecular formula is C13H15Cl2FN2O. The fourth-order valence-electron chi connectivity index (χ4n) is 2.08. The van der Waals surface area contributed by atoms with E-state index in [9.17, 15) is 9.18 Å². The van der Waals surface area contributed by atoms with Gasteiger partial charge < -0.3 is 10.6 Å². The van der Waals surface area contributed by atoms with Crippen molar-refractivity contribution >= 4 is 29.1 Å². The van der Waals surface area contributed by atoms with E-state index in [4.69, 9.17) is 23.2 Å². The fourth-order valence-corrected chi connectivity index (χ4v) is 2.60. The number of hydrogen-bond donors (Lipinski definition) is 2. The number of carbonyl (C=O) groups is 1. The first-order valence-corrected chi connectivity index (χ1v) is 6.88. The Hall–Kier alpha value is -0.840. The van der Waals surface area contributed by atoms with Gasteiger partial charge in [0.05, 0.1) is 6.54 Å². The maximum absolute atomic E-state index is 14.3. The van der Waals surface area contributed by atoms with Gasteiger partial charge in [-0.05, 0) is 44.1 Å². The van der Waals surface area contributed by atoms with Crippen molar-refractivity contribution in [1.82, 2.24) is 10.6 Å². The third-order valence-electron chi connectivity index (χ3n) is 3.19. The molecule has 0 saturated carbocycles. The fraction of sp³-hybridized carbons (Fsp3) is 0.462. The molecule has 1 saturated heterocycles. The Bertz CT molecular complexity index is 455. The van der Waals surface area contributed by atoms with E-state index in [1.54, 1.807) is 6.07 Å². The molecule has 104 valence electrons. The minimum Gasteiger partial charge on any atom is -0.349 e. The van der Waals surface area contributed by atoms with Crippen LogP contribution in [0.5, 0.6) is 0 Å². The molecule has 0 spiro atoms. The molecule has 0 bridgehead atoms. The van der Waals surface area contributed by atoms with Gasteiger partial charge in [0.1, 0.15) is 5.67 Å². The summed E-state index contributed by atoms with van der Waals surface area (Å²) < 4.78 is 14.3. The van der Waals surface area contributed by atoms with Crippen molar-refractivity contribution in [3.05, 3.63) is 33.8 Å². The van der Waals surface area contributed by atoms with Crippen LogP contribution in [0.15, 0.2) is 18.2 Å². The summed E-state index contributed by atoms with van der Waals surface area (Å²) in [6, 6.07) is 4.57. The number of halogens is 3. The molecule has 1 aliphatic rings. The number of nitrogens with one attached hydrogen (secondary N) is 2. The predicted octanol–water partition coefficient (Wildman–Crippen LogP) is 2.81. The number of amides is 1. The highest BCUT2D eigenvalue weighted by atomic mass is 35.5. The van der Waals surface area contributed by atoms with Crippen LogP contribution < -0.4 is 10.6 Å². The molecule has 1 fully saturated rings. The van der Waals surface area contributed by atoms with Gasteiger partial charge in [0.15, 0.2) is 0 Å². The van der Waals surface area contributed by atoms with Crippen LogP contribution in [0.1, 0.15) is 23.2 Å². The van der Waals surface area contributed by atoms with Crippen LogP contribution in [0, 0.1) is 0 Å². The van der Waals surface area contributed by atoms with Crippen LogP contribution in [-0.4, -0.2) is 31.2 Å². The van der Waals surface area contributed by atoms with Gasteiger partial charge in [0.2, 0.25) is 0 Å². The van der Waals surface area contributed by atoms with Gasteiger partial charge in [-0.25, -0.2) is 4.39 Å². The Morgan fingerprint density at radius 3 is 2.42 bits per heavy atom. The quantitative estimate of drug-likeness (QED) is 0.901. The second-order valence-electron chi connectivity index (χ2n) is 4.74. The molecule has 1 heterocycles. The molecule has 1 aliphatic heterocycles. The monoisotopic (exact) mass is 304 g/mol. The summed E-state index contributed by atoms with van der Waals surface area (Å²) in [5.41, 5.74) is -0.987. The summed E-state index contributed by atoms with van der Waals surface area (Å²) in [6.45, 7) is 1.28. The van der Waals surface area contributed by atoms with Gasteiger partial charge in [0, 0.05) is 15.6 Å². The van der Waals surface area contributed by atoms with E-state index in [0.29, 0.717) is 41.5 Å². The van der Waals surface area contributed by atoms with Crippen molar-refractivity contribution in [2.24, 2.45) is 0 Å². The Morgan fingerprint density at radius 1 is 1.26 bits per heavy atom. The van der Waals surface area contributed by atoms with Gasteiger partial charge >= 0.3 is 0 Å². The van der Waals surface area contributed by atoms with Crippen LogP contribution >= 0.6 is 23.2 Å². The number of benzene rings is 1. The van der Waals surface area contributed by atoms with E-state index in [1.807, 2.05) is 0 Å². The summed E-state index contributed by atoms with van der Waals surface area (Å²) in [4.78, 5) is 11.9. The van der Waals surface area contributed by atoms with Crippen molar-refractivity contribution < 1.29 is 9.18 Å². The number of alkyl halides is 1. The van der Waals surface area contributed by atoms with Crippen LogP contribution in [0.4, 0.5) is 4.39 Å². The Morgan fingerprint density at radius 2 is 1.84 bits per heavy atom. The van der Waals surface area contributed by atoms with E-state index in [-0.39, 0.29) is 12.5 Å². The highest BCUT2D eigenvalue weighted by Gasteiger charge is 2.32. The van der Waals surface area contributed by atoms with Crippen molar-refractivity contribution in [2.75, 3.05) is 19.6 Å². The molecule has 0 aliphatic carbocycles. The van der Waals surface area contributed by atoms with E-state index < -0.39 is 5.67 Å². The van der Waals surface area contributed by atoms with Gasteiger partial charge in [-0.15, -0.1) is 0 Å². The zero-order valence-electron chi connectivity index (χ0n) is 10.3. The second-order valence-corrected chi connectivity index (χ2v) is 5.61. The molecule has 19 heavy (non-hydrogen) atoms. The molecule has 0 aromatic heterocycles. The summed E-state index contributed by atoms with van der Waals surface area (Å²) in [7, 11) is 0. The Kier molecular flexibility index (Phi) is 4.66. The molecule has 1 amide bonds. The average molecular weight is 305 g/mol. The minimum atomic E-state index is -1.33. The maximum Gasteiger partial charge on any atom is 0.251 e. The third kappa shape index (κ3) is 4.06. The highest BCUT2D eigenvalue weighted by molar-refractivity contribution is 6.35. The SMILES string of the molecule is O=C(NCC1(F)CCNCC1)c1cc(Cl)cc(Cl)c1. The van der Waals surface area contributed by atoms with Gasteiger partial charge in [-0.2, -0.15) is 0 Å². The normalized spacial score (nSPS) is 18.1. The van der Waals surface area contributed by atoms with Crippen LogP contribution in [0.3, 0.4) is 0 Å². The lowest BCUT2D eigenvalue weighted by Crippen LogP contribution is -2.46. The topological polar surface area (TPSA) is 41.1 Å². The molecule has 1 aromatic carbocycles. The highest BCUT2D eigenvalue weighted by Crippen LogP contribution is 2.23. The standard InChI is InChI=1S/C13H15Cl2FN2O/c14-10-5-9(6-11(15)7-10)12(19)18-8-13(16)1-3-17-4-2-13/h5-7,17H,1-4,8H2,(H,18,19). The number of rotatable bonds is 3. The van der Waals surface area contributed by atoms with Crippen LogP contribution in [0.2, 0.25) is 10.0 Å². The number of hydrogen-bond acceptors (Lipinski definition) is 2. The lowest BCUT2D eigenvalue weighted by molar-refractivity contribution is 0.0837. The van der Waals surface area contributed by atoms with Crippen molar-refractivity contribution in [2.45, 2.75) is 18.5 Å². The largest absolute Gasteiger partial charge is 0.349 e. The minimum absolute atomic E-state index is 0.0116. The second kappa shape index (κ2) is 6.07. The smallest absolute Gasteiger partial charge is 0.251 e. The number of carbonyl (C=O) groups excluding carboxylic acids is 1. The van der Waals surface area contributed by atoms with Crippen LogP contribution in [-0.2, 0) is 0 Å². The average Bonchev–Trinajstić information content (AvgIpc) is 2.36. The first-order valence-electron chi connectivity index (χ1n) is 6.12. The molecule has 3 nitrogen and oxygen atoms in total. The summed E-state index contributed by atoms with van der Waals surface area (Å²) in [5, 5.41) is 6.46. The first kappa shape index (κ1) is 14.6. The third-order valence-corrected chi connectivity index (χ3v) is 3.63. The predicted molar refractivity (Wildman–Crippen MR) is 74.7 cm³/mol. The molecular weight excluding hydrogens is 290 g/mol. The lowest BCUT2D eigenvalue weighted by atomic mass is 9.94. The van der Waals surface area contributed by atoms with Crippen molar-refractivity contribution in [3.8, 4) is 0 Å². The van der Waals surface area contributed by atoms with E-state index in [1.165, 1.54) is 12.1 Å². The van der Waals surface area contributed by atoms with Crippen LogP contribution in [0.25, 0.3) is 0 Å². The summed E-state index contributed by atoms with van der Waals surface area (Å²) in [6.07, 6.45) is 0.813. The Balaban J connectivity index is 1.97. The molecule has 0 unspecified atom stereocenters. The zero-order valence-corrected chi connectivity index (χ0v) is 11.8. The molecule has 2 rings (SSSR count). The van der Waals surface area contributed by atoms with E-state index in [0.717, 1.165) is 0 Å². The zero-order chi connectivity index (χ0) is 13.9. The van der Waals surface area contributed by atoms with Gasteiger partial charge in [0.25, 0.3) is 5.91 Å². The summed E-state index contributed by atoms with van der Waals surface area (Å²) >= 11 is 11.6. The summed E-state index contributed by atoms with van der Waals surface area (Å²) in [5.74, 6) is -0.361. The van der Waals surface area contributed by atoms with Crippen molar-refractivity contribution in [1.29, 1.82) is 0 Å². The Labute approximate surface area is 121 Å². The van der Waals surface area contributed by atoms with E-state index in [2.05, 4.69) is 10.6 Å². The van der Waals surface area contributed by atoms with E-state index >= 15 is 0 Å². The molecule has 0 atom stereocenters. The van der Waals surface area contributed by atoms with Gasteiger partial charge in [-0.3, -0.25) is 4.79 Å². The molecule has 0 radical (unpaired) electrons. The lowest BCUT2D eigenvalue weighted by Gasteiger charge is -2.30. The molecule has 1 aromatic rings. The van der Waals surface area contributed by atoms with Crippen molar-refractivity contribution in [3.63, 3.8) is 0 Å². The maximum atomic E-state index is 14.3. The number of piperidine rings is 1. The molecule has 2 N–H and O–H groups in total. The first-order chi connectivity index (χ1) is 8.98. The van der Waals surface area contributed by atoms with Gasteiger partial charge in [-0.1, -0.05) is 23.2 Å². The molecule has 6 heteroatoms.